The van der Waals surface area contributed by atoms with Crippen LogP contribution in [0.25, 0.3) is 0 Å². The van der Waals surface area contributed by atoms with Crippen LogP contribution in [0.15, 0.2) is 37.2 Å². The summed E-state index contributed by atoms with van der Waals surface area (Å²) in [4.78, 5) is 5.38. The first-order valence-corrected chi connectivity index (χ1v) is 10.8. The second-order valence-corrected chi connectivity index (χ2v) is 9.06. The molecule has 0 atom stereocenters. The first kappa shape index (κ1) is 18.5. The Hall–Kier alpha value is -1.83. The van der Waals surface area contributed by atoms with Gasteiger partial charge in [-0.1, -0.05) is 6.07 Å². The molecule has 3 heterocycles. The van der Waals surface area contributed by atoms with Crippen molar-refractivity contribution in [1.82, 2.24) is 9.29 Å². The van der Waals surface area contributed by atoms with Gasteiger partial charge in [-0.05, 0) is 12.1 Å². The Morgan fingerprint density at radius 1 is 1.07 bits per heavy atom. The zero-order valence-electron chi connectivity index (χ0n) is 13.5. The fourth-order valence-electron chi connectivity index (χ4n) is 2.79. The van der Waals surface area contributed by atoms with Crippen LogP contribution < -0.4 is 4.90 Å². The molecule has 2 aliphatic rings. The van der Waals surface area contributed by atoms with E-state index in [-0.39, 0.29) is 36.2 Å². The maximum absolute atomic E-state index is 13.0. The van der Waals surface area contributed by atoms with Crippen LogP contribution in [0.5, 0.6) is 0 Å². The van der Waals surface area contributed by atoms with Crippen molar-refractivity contribution in [3.8, 4) is 0 Å². The van der Waals surface area contributed by atoms with Crippen LogP contribution in [-0.2, 0) is 27.6 Å². The molecule has 144 valence electrons. The third kappa shape index (κ3) is 3.39. The Balaban J connectivity index is 1.50. The van der Waals surface area contributed by atoms with Gasteiger partial charge in [0.1, 0.15) is 16.3 Å². The number of anilines is 1. The van der Waals surface area contributed by atoms with Gasteiger partial charge in [-0.25, -0.2) is 13.4 Å². The van der Waals surface area contributed by atoms with Crippen molar-refractivity contribution in [2.45, 2.75) is 11.1 Å². The molecule has 0 saturated carbocycles. The van der Waals surface area contributed by atoms with Crippen molar-refractivity contribution in [3.63, 3.8) is 0 Å². The minimum atomic E-state index is -4.49. The molecule has 0 N–H and O–H groups in total. The third-order valence-corrected chi connectivity index (χ3v) is 7.53. The lowest BCUT2D eigenvalue weighted by Gasteiger charge is -2.33. The van der Waals surface area contributed by atoms with Gasteiger partial charge >= 0.3 is 6.18 Å². The van der Waals surface area contributed by atoms with E-state index in [4.69, 9.17) is 0 Å². The molecule has 4 rings (SSSR count). The largest absolute Gasteiger partial charge is 0.434 e. The van der Waals surface area contributed by atoms with E-state index in [9.17, 15) is 21.6 Å². The molecule has 0 unspecified atom stereocenters. The highest BCUT2D eigenvalue weighted by molar-refractivity contribution is 7.89. The monoisotopic (exact) mass is 435 g/mol. The Labute approximate surface area is 160 Å². The molecular formula is C14H12F3N5O2S3. The van der Waals surface area contributed by atoms with E-state index >= 15 is 0 Å². The maximum Gasteiger partial charge on any atom is 0.434 e. The molecule has 0 spiro atoms. The lowest BCUT2D eigenvalue weighted by atomic mass is 10.3. The van der Waals surface area contributed by atoms with E-state index < -0.39 is 21.9 Å². The number of fused-ring (bicyclic) bond motifs is 1. The fourth-order valence-corrected chi connectivity index (χ4v) is 5.85. The summed E-state index contributed by atoms with van der Waals surface area (Å²) in [5.41, 5.74) is -0.0814. The zero-order valence-corrected chi connectivity index (χ0v) is 16.0. The van der Waals surface area contributed by atoms with Gasteiger partial charge in [0.2, 0.25) is 10.0 Å². The molecule has 0 radical (unpaired) electrons. The molecule has 1 aromatic carbocycles. The molecule has 0 bridgehead atoms. The zero-order chi connectivity index (χ0) is 19.2. The number of nitrogens with zero attached hydrogens (tertiary/aromatic N) is 5. The summed E-state index contributed by atoms with van der Waals surface area (Å²) in [6, 6.07) is 4.79. The minimum absolute atomic E-state index is 0.0933. The van der Waals surface area contributed by atoms with Crippen LogP contribution >= 0.6 is 11.3 Å². The summed E-state index contributed by atoms with van der Waals surface area (Å²) in [5, 5.41) is 1.21. The lowest BCUT2D eigenvalue weighted by molar-refractivity contribution is -0.140. The molecule has 27 heavy (non-hydrogen) atoms. The minimum Gasteiger partial charge on any atom is -0.345 e. The molecule has 0 aliphatic carbocycles. The smallest absolute Gasteiger partial charge is 0.345 e. The highest BCUT2D eigenvalue weighted by atomic mass is 32.2. The number of sulfonamides is 1. The van der Waals surface area contributed by atoms with Crippen LogP contribution in [0.1, 0.15) is 5.69 Å². The molecule has 7 nitrogen and oxygen atoms in total. The second kappa shape index (κ2) is 6.65. The van der Waals surface area contributed by atoms with E-state index in [1.165, 1.54) is 10.4 Å². The second-order valence-electron chi connectivity index (χ2n) is 5.79. The van der Waals surface area contributed by atoms with Gasteiger partial charge in [0.05, 0.1) is 11.4 Å². The molecule has 1 fully saturated rings. The van der Waals surface area contributed by atoms with Gasteiger partial charge in [0, 0.05) is 31.6 Å². The van der Waals surface area contributed by atoms with Gasteiger partial charge in [-0.3, -0.25) is 0 Å². The normalized spacial score (nSPS) is 17.8. The molecule has 2 aliphatic heterocycles. The predicted molar refractivity (Wildman–Crippen MR) is 96.1 cm³/mol. The average molecular weight is 435 g/mol. The van der Waals surface area contributed by atoms with Crippen molar-refractivity contribution in [2.75, 3.05) is 31.1 Å². The van der Waals surface area contributed by atoms with E-state index in [0.717, 1.165) is 28.1 Å². The van der Waals surface area contributed by atoms with Crippen molar-refractivity contribution in [1.29, 1.82) is 0 Å². The van der Waals surface area contributed by atoms with Crippen LogP contribution in [0.2, 0.25) is 0 Å². The van der Waals surface area contributed by atoms with Crippen LogP contribution in [0.4, 0.5) is 29.7 Å². The Bertz CT molecular complexity index is 1050. The number of benzene rings is 1. The summed E-state index contributed by atoms with van der Waals surface area (Å²) < 4.78 is 73.5. The highest BCUT2D eigenvalue weighted by Gasteiger charge is 2.36. The van der Waals surface area contributed by atoms with Gasteiger partial charge < -0.3 is 4.90 Å². The third-order valence-electron chi connectivity index (χ3n) is 4.16. The fraction of sp³-hybridized carbons (Fsp3) is 0.357. The number of hydrogen-bond acceptors (Lipinski definition) is 7. The van der Waals surface area contributed by atoms with Crippen molar-refractivity contribution in [3.05, 3.63) is 29.3 Å². The summed E-state index contributed by atoms with van der Waals surface area (Å²) in [6.45, 7) is 0.819. The SMILES string of the molecule is O=S(=O)(c1cccc2c1N=S=N2)N1CCN(c2nc(C(F)(F)F)cs2)CC1. The first-order chi connectivity index (χ1) is 12.8. The summed E-state index contributed by atoms with van der Waals surface area (Å²) >= 11 is 1.84. The molecule has 2 aromatic rings. The van der Waals surface area contributed by atoms with Crippen LogP contribution in [0.3, 0.4) is 0 Å². The molecule has 1 aromatic heterocycles. The van der Waals surface area contributed by atoms with Crippen molar-refractivity contribution < 1.29 is 21.6 Å². The summed E-state index contributed by atoms with van der Waals surface area (Å²) in [5.74, 6) is 0. The van der Waals surface area contributed by atoms with Crippen LogP contribution in [0, 0.1) is 0 Å². The Morgan fingerprint density at radius 2 is 1.81 bits per heavy atom. The Kier molecular flexibility index (Phi) is 4.56. The molecule has 1 saturated heterocycles. The van der Waals surface area contributed by atoms with Gasteiger partial charge in [-0.2, -0.15) is 26.2 Å². The number of alkyl halides is 3. The van der Waals surface area contributed by atoms with Gasteiger partial charge in [0.25, 0.3) is 0 Å². The summed E-state index contributed by atoms with van der Waals surface area (Å²) in [7, 11) is -3.77. The quantitative estimate of drug-likeness (QED) is 0.632. The number of rotatable bonds is 3. The number of piperazine rings is 1. The molecule has 13 heteroatoms. The molecule has 0 amide bonds. The summed E-state index contributed by atoms with van der Waals surface area (Å²) in [6.07, 6.45) is -4.49. The highest BCUT2D eigenvalue weighted by Crippen LogP contribution is 2.39. The van der Waals surface area contributed by atoms with Gasteiger partial charge in [0.15, 0.2) is 10.8 Å². The maximum atomic E-state index is 13.0. The van der Waals surface area contributed by atoms with Crippen molar-refractivity contribution >= 4 is 49.2 Å². The van der Waals surface area contributed by atoms with E-state index in [1.54, 1.807) is 17.0 Å². The van der Waals surface area contributed by atoms with Crippen molar-refractivity contribution in [2.24, 2.45) is 8.73 Å². The number of hydrogen-bond donors (Lipinski definition) is 0. The van der Waals surface area contributed by atoms with Crippen LogP contribution in [-0.4, -0.2) is 43.9 Å². The average Bonchev–Trinajstić information content (AvgIpc) is 3.30. The number of halogens is 3. The number of thiazole rings is 1. The molecular weight excluding hydrogens is 423 g/mol. The Morgan fingerprint density at radius 3 is 2.48 bits per heavy atom. The predicted octanol–water partition coefficient (Wildman–Crippen LogP) is 3.40. The van der Waals surface area contributed by atoms with E-state index in [1.807, 2.05) is 0 Å². The topological polar surface area (TPSA) is 78.2 Å². The number of aromatic nitrogens is 1. The lowest BCUT2D eigenvalue weighted by Crippen LogP contribution is -2.48. The first-order valence-electron chi connectivity index (χ1n) is 7.76. The van der Waals surface area contributed by atoms with Gasteiger partial charge in [-0.15, -0.1) is 11.3 Å². The van der Waals surface area contributed by atoms with E-state index in [0.29, 0.717) is 11.4 Å². The standard InChI is InChI=1S/C14H12F3N5O2S3/c15-14(16,17)11-8-25-13(18-11)21-4-6-22(7-5-21)27(23,24)10-3-1-2-9-12(10)20-26-19-9/h1-3,8H,4-7H2. The van der Waals surface area contributed by atoms with E-state index in [2.05, 4.69) is 13.7 Å².